The summed E-state index contributed by atoms with van der Waals surface area (Å²) in [5.74, 6) is 2.60. The van der Waals surface area contributed by atoms with Crippen LogP contribution in [0.3, 0.4) is 0 Å². The van der Waals surface area contributed by atoms with Gasteiger partial charge in [-0.05, 0) is 43.3 Å². The average molecular weight is 358 g/mol. The molecule has 1 heterocycles. The maximum Gasteiger partial charge on any atom is 0.194 e. The number of nitrogens with zero attached hydrogens (tertiary/aromatic N) is 3. The summed E-state index contributed by atoms with van der Waals surface area (Å²) in [6.07, 6.45) is 2.92. The first-order chi connectivity index (χ1) is 12.6. The van der Waals surface area contributed by atoms with E-state index in [-0.39, 0.29) is 0 Å². The smallest absolute Gasteiger partial charge is 0.194 e. The molecule has 0 fully saturated rings. The molecule has 1 N–H and O–H groups in total. The van der Waals surface area contributed by atoms with E-state index >= 15 is 0 Å². The molecular formula is C20H30N4O2. The lowest BCUT2D eigenvalue weighted by Gasteiger charge is -2.22. The number of guanidine groups is 1. The SMILES string of the molecule is CCNC(=NCCCOc1ccc(OC)cc1)N(C)Cc1cccn1C. The number of benzene rings is 1. The van der Waals surface area contributed by atoms with Gasteiger partial charge in [0, 0.05) is 45.5 Å². The number of nitrogens with one attached hydrogen (secondary N) is 1. The molecule has 2 rings (SSSR count). The summed E-state index contributed by atoms with van der Waals surface area (Å²) < 4.78 is 13.0. The highest BCUT2D eigenvalue weighted by Crippen LogP contribution is 2.17. The summed E-state index contributed by atoms with van der Waals surface area (Å²) in [6.45, 7) is 5.10. The highest BCUT2D eigenvalue weighted by atomic mass is 16.5. The van der Waals surface area contributed by atoms with Crippen LogP contribution in [-0.2, 0) is 13.6 Å². The standard InChI is InChI=1S/C20H30N4O2/c1-5-21-20(24(3)16-17-8-6-14-23(17)2)22-13-7-15-26-19-11-9-18(25-4)10-12-19/h6,8-12,14H,5,7,13,15-16H2,1-4H3,(H,21,22). The molecule has 0 aliphatic rings. The number of methoxy groups -OCH3 is 1. The predicted octanol–water partition coefficient (Wildman–Crippen LogP) is 2.90. The zero-order valence-electron chi connectivity index (χ0n) is 16.2. The number of hydrogen-bond donors (Lipinski definition) is 1. The van der Waals surface area contributed by atoms with E-state index in [9.17, 15) is 0 Å². The molecule has 0 saturated carbocycles. The Morgan fingerprint density at radius 3 is 2.54 bits per heavy atom. The van der Waals surface area contributed by atoms with Gasteiger partial charge in [-0.15, -0.1) is 0 Å². The van der Waals surface area contributed by atoms with Crippen molar-refractivity contribution >= 4 is 5.96 Å². The van der Waals surface area contributed by atoms with Gasteiger partial charge in [-0.3, -0.25) is 4.99 Å². The van der Waals surface area contributed by atoms with Crippen molar-refractivity contribution in [2.75, 3.05) is 33.9 Å². The van der Waals surface area contributed by atoms with Gasteiger partial charge in [0.2, 0.25) is 0 Å². The van der Waals surface area contributed by atoms with Crippen molar-refractivity contribution in [3.05, 3.63) is 48.3 Å². The first kappa shape index (κ1) is 19.7. The fourth-order valence-corrected chi connectivity index (χ4v) is 2.56. The summed E-state index contributed by atoms with van der Waals surface area (Å²) >= 11 is 0. The summed E-state index contributed by atoms with van der Waals surface area (Å²) in [7, 11) is 5.77. The van der Waals surface area contributed by atoms with Crippen molar-refractivity contribution in [2.45, 2.75) is 19.9 Å². The molecule has 0 spiro atoms. The second-order valence-electron chi connectivity index (χ2n) is 6.08. The van der Waals surface area contributed by atoms with Crippen LogP contribution >= 0.6 is 0 Å². The molecule has 0 amide bonds. The Morgan fingerprint density at radius 2 is 1.92 bits per heavy atom. The second-order valence-corrected chi connectivity index (χ2v) is 6.08. The molecule has 2 aromatic rings. The van der Waals surface area contributed by atoms with Gasteiger partial charge in [0.05, 0.1) is 20.3 Å². The average Bonchev–Trinajstić information content (AvgIpc) is 3.05. The molecule has 26 heavy (non-hydrogen) atoms. The Kier molecular flexibility index (Phi) is 7.86. The van der Waals surface area contributed by atoms with Crippen LogP contribution in [0.2, 0.25) is 0 Å². The summed E-state index contributed by atoms with van der Waals surface area (Å²) in [5, 5.41) is 3.35. The maximum absolute atomic E-state index is 5.75. The van der Waals surface area contributed by atoms with Gasteiger partial charge in [0.15, 0.2) is 5.96 Å². The van der Waals surface area contributed by atoms with Gasteiger partial charge >= 0.3 is 0 Å². The van der Waals surface area contributed by atoms with Crippen LogP contribution in [0.4, 0.5) is 0 Å². The van der Waals surface area contributed by atoms with E-state index in [0.29, 0.717) is 6.61 Å². The van der Waals surface area contributed by atoms with Crippen molar-refractivity contribution in [3.8, 4) is 11.5 Å². The van der Waals surface area contributed by atoms with Gasteiger partial charge in [0.1, 0.15) is 11.5 Å². The van der Waals surface area contributed by atoms with Gasteiger partial charge in [-0.25, -0.2) is 0 Å². The van der Waals surface area contributed by atoms with Crippen molar-refractivity contribution in [2.24, 2.45) is 12.0 Å². The largest absolute Gasteiger partial charge is 0.497 e. The van der Waals surface area contributed by atoms with Crippen molar-refractivity contribution < 1.29 is 9.47 Å². The molecule has 0 bridgehead atoms. The lowest BCUT2D eigenvalue weighted by molar-refractivity contribution is 0.312. The number of aryl methyl sites for hydroxylation is 1. The number of ether oxygens (including phenoxy) is 2. The first-order valence-electron chi connectivity index (χ1n) is 9.00. The summed E-state index contributed by atoms with van der Waals surface area (Å²) in [4.78, 5) is 6.85. The number of hydrogen-bond acceptors (Lipinski definition) is 3. The normalized spacial score (nSPS) is 11.3. The Labute approximate surface area is 156 Å². The molecule has 6 nitrogen and oxygen atoms in total. The van der Waals surface area contributed by atoms with E-state index in [1.54, 1.807) is 7.11 Å². The summed E-state index contributed by atoms with van der Waals surface area (Å²) in [6, 6.07) is 11.8. The van der Waals surface area contributed by atoms with Crippen LogP contribution in [-0.4, -0.2) is 49.3 Å². The lowest BCUT2D eigenvalue weighted by atomic mass is 10.3. The number of aromatic nitrogens is 1. The first-order valence-corrected chi connectivity index (χ1v) is 9.00. The highest BCUT2D eigenvalue weighted by molar-refractivity contribution is 5.79. The molecule has 0 saturated heterocycles. The quantitative estimate of drug-likeness (QED) is 0.425. The molecule has 0 aliphatic carbocycles. The highest BCUT2D eigenvalue weighted by Gasteiger charge is 2.08. The van der Waals surface area contributed by atoms with E-state index < -0.39 is 0 Å². The van der Waals surface area contributed by atoms with E-state index in [0.717, 1.165) is 43.5 Å². The van der Waals surface area contributed by atoms with E-state index in [4.69, 9.17) is 14.5 Å². The predicted molar refractivity (Wildman–Crippen MR) is 106 cm³/mol. The van der Waals surface area contributed by atoms with E-state index in [1.165, 1.54) is 5.69 Å². The Hall–Kier alpha value is -2.63. The molecule has 0 unspecified atom stereocenters. The third kappa shape index (κ3) is 6.02. The van der Waals surface area contributed by atoms with Gasteiger partial charge in [-0.1, -0.05) is 0 Å². The van der Waals surface area contributed by atoms with Crippen LogP contribution < -0.4 is 14.8 Å². The third-order valence-electron chi connectivity index (χ3n) is 4.04. The summed E-state index contributed by atoms with van der Waals surface area (Å²) in [5.41, 5.74) is 1.25. The van der Waals surface area contributed by atoms with Crippen molar-refractivity contribution in [3.63, 3.8) is 0 Å². The minimum Gasteiger partial charge on any atom is -0.497 e. The van der Waals surface area contributed by atoms with E-state index in [1.807, 2.05) is 24.3 Å². The third-order valence-corrected chi connectivity index (χ3v) is 4.04. The van der Waals surface area contributed by atoms with Gasteiger partial charge in [-0.2, -0.15) is 0 Å². The maximum atomic E-state index is 5.75. The zero-order valence-corrected chi connectivity index (χ0v) is 16.2. The number of rotatable bonds is 9. The Balaban J connectivity index is 1.79. The molecule has 1 aromatic heterocycles. The van der Waals surface area contributed by atoms with Crippen LogP contribution in [0, 0.1) is 0 Å². The molecule has 0 aliphatic heterocycles. The molecule has 142 valence electrons. The Bertz CT molecular complexity index is 679. The second kappa shape index (κ2) is 10.4. The molecule has 0 atom stereocenters. The minimum atomic E-state index is 0.636. The van der Waals surface area contributed by atoms with E-state index in [2.05, 4.69) is 54.1 Å². The fraction of sp³-hybridized carbons (Fsp3) is 0.450. The number of aliphatic imine (C=N–C) groups is 1. The van der Waals surface area contributed by atoms with Gasteiger partial charge < -0.3 is 24.3 Å². The molecular weight excluding hydrogens is 328 g/mol. The molecule has 6 heteroatoms. The molecule has 0 radical (unpaired) electrons. The minimum absolute atomic E-state index is 0.636. The zero-order chi connectivity index (χ0) is 18.8. The van der Waals surface area contributed by atoms with Crippen LogP contribution in [0.15, 0.2) is 47.6 Å². The van der Waals surface area contributed by atoms with Crippen LogP contribution in [0.25, 0.3) is 0 Å². The monoisotopic (exact) mass is 358 g/mol. The van der Waals surface area contributed by atoms with Crippen LogP contribution in [0.5, 0.6) is 11.5 Å². The van der Waals surface area contributed by atoms with Crippen molar-refractivity contribution in [1.29, 1.82) is 0 Å². The fourth-order valence-electron chi connectivity index (χ4n) is 2.56. The van der Waals surface area contributed by atoms with Gasteiger partial charge in [0.25, 0.3) is 0 Å². The topological polar surface area (TPSA) is 51.0 Å². The molecule has 1 aromatic carbocycles. The van der Waals surface area contributed by atoms with Crippen molar-refractivity contribution in [1.82, 2.24) is 14.8 Å². The van der Waals surface area contributed by atoms with Crippen LogP contribution in [0.1, 0.15) is 19.0 Å². The lowest BCUT2D eigenvalue weighted by Crippen LogP contribution is -2.39. The Morgan fingerprint density at radius 1 is 1.19 bits per heavy atom.